The first-order valence-corrected chi connectivity index (χ1v) is 28.1. The number of carbonyl (C=O) groups excluding carboxylic acids is 6. The van der Waals surface area contributed by atoms with Gasteiger partial charge in [0.05, 0.1) is 76.2 Å². The minimum atomic E-state index is -1.66. The van der Waals surface area contributed by atoms with E-state index in [4.69, 9.17) is 44.9 Å². The number of esters is 1. The summed E-state index contributed by atoms with van der Waals surface area (Å²) in [5, 5.41) is 20.2. The highest BCUT2D eigenvalue weighted by atomic mass is 35.5. The number of hydrogen-bond donors (Lipinski definition) is 5. The Bertz CT molecular complexity index is 3120. The molecule has 5 amide bonds. The zero-order valence-corrected chi connectivity index (χ0v) is 49.5. The number of amides is 5. The van der Waals surface area contributed by atoms with Crippen LogP contribution in [0.2, 0.25) is 5.02 Å². The fraction of sp³-hybridized carbons (Fsp3) is 0.446. The van der Waals surface area contributed by atoms with Gasteiger partial charge in [0.25, 0.3) is 17.7 Å². The third-order valence-corrected chi connectivity index (χ3v) is 15.0. The second-order valence-electron chi connectivity index (χ2n) is 22.1. The smallest absolute Gasteiger partial charge is 0.413 e. The number of likely N-dealkylation sites (N-methyl/N-ethyl adjacent to an activating group) is 1. The first kappa shape index (κ1) is 61.1. The van der Waals surface area contributed by atoms with Crippen molar-refractivity contribution in [3.8, 4) is 23.0 Å². The summed E-state index contributed by atoms with van der Waals surface area (Å²) >= 11 is 9.20. The van der Waals surface area contributed by atoms with E-state index < -0.39 is 64.4 Å². The van der Waals surface area contributed by atoms with Crippen LogP contribution in [0.5, 0.6) is 23.0 Å². The number of rotatable bonds is 23. The van der Waals surface area contributed by atoms with E-state index >= 15 is 0 Å². The highest BCUT2D eigenvalue weighted by Crippen LogP contribution is 2.39. The molecule has 2 saturated heterocycles. The standard InChI is InChI=1S/C56H68ClN9O13S2/c1-54(2,3)77-51(71)56(7,8)79-65-44(39-31-80-52(62-39)64-53(72)78-55(4,5)6)49(70)63-43-38(61-48(43)69)26-59-47(68)41-27-60-50(81-41)34-22-24-66(9,28-34)25-23-58-46(67)37-20-21-40(75-29-32-12-16-35(73-10)17-13-32)45(42(37)57)76-30-33-14-18-36(74-11)19-15-33/h12-21,27,31,34,38,43H,22-26,28-30H2,1-11H3,(H4-,58,59,61,62,63,64,67,68,69,70,72)/p+1/b65-44-/t34-,38-,43+,66?/m1/s1. The first-order chi connectivity index (χ1) is 38.2. The Morgan fingerprint density at radius 3 is 2.10 bits per heavy atom. The molecule has 5 aromatic rings. The van der Waals surface area contributed by atoms with Crippen molar-refractivity contribution >= 4 is 80.8 Å². The number of anilines is 1. The van der Waals surface area contributed by atoms with Crippen molar-refractivity contribution in [2.75, 3.05) is 59.3 Å². The average Bonchev–Trinajstić information content (AvgIpc) is 4.41. The molecular weight excluding hydrogens is 1110 g/mol. The number of methoxy groups -OCH3 is 2. The van der Waals surface area contributed by atoms with Crippen LogP contribution in [0.4, 0.5) is 9.93 Å². The van der Waals surface area contributed by atoms with Gasteiger partial charge in [0, 0.05) is 18.3 Å². The molecule has 5 N–H and O–H groups in total. The summed E-state index contributed by atoms with van der Waals surface area (Å²) in [4.78, 5) is 94.4. The van der Waals surface area contributed by atoms with Crippen molar-refractivity contribution in [2.45, 2.75) is 110 Å². The molecule has 4 heterocycles. The quantitative estimate of drug-likeness (QED) is 0.0140. The number of carbonyl (C=O) groups is 6. The van der Waals surface area contributed by atoms with E-state index in [-0.39, 0.29) is 58.7 Å². The molecule has 0 spiro atoms. The lowest BCUT2D eigenvalue weighted by molar-refractivity contribution is -0.897. The number of hydrogen-bond acceptors (Lipinski definition) is 18. The van der Waals surface area contributed by atoms with E-state index in [1.165, 1.54) is 36.8 Å². The van der Waals surface area contributed by atoms with Crippen molar-refractivity contribution < 1.29 is 66.5 Å². The maximum Gasteiger partial charge on any atom is 0.413 e. The minimum Gasteiger partial charge on any atom is -0.497 e. The van der Waals surface area contributed by atoms with Gasteiger partial charge < -0.3 is 59.0 Å². The van der Waals surface area contributed by atoms with Gasteiger partial charge in [0.1, 0.15) is 57.5 Å². The molecule has 2 aromatic heterocycles. The Hall–Kier alpha value is -7.54. The molecule has 0 saturated carbocycles. The van der Waals surface area contributed by atoms with Gasteiger partial charge >= 0.3 is 12.1 Å². The van der Waals surface area contributed by atoms with Gasteiger partial charge in [-0.15, -0.1) is 22.7 Å². The van der Waals surface area contributed by atoms with Crippen LogP contribution in [-0.2, 0) is 41.9 Å². The van der Waals surface area contributed by atoms with Gasteiger partial charge in [-0.2, -0.15) is 0 Å². The number of β-lactam (4-membered cyclic amide) rings is 1. The largest absolute Gasteiger partial charge is 0.497 e. The Kier molecular flexibility index (Phi) is 19.6. The summed E-state index contributed by atoms with van der Waals surface area (Å²) in [7, 11) is 5.32. The molecule has 1 unspecified atom stereocenters. The molecular formula is C56H69ClN9O13S2+. The van der Waals surface area contributed by atoms with Crippen LogP contribution in [0.25, 0.3) is 0 Å². The Morgan fingerprint density at radius 2 is 1.48 bits per heavy atom. The lowest BCUT2D eigenvalue weighted by atomic mass is 9.98. The summed E-state index contributed by atoms with van der Waals surface area (Å²) in [6.45, 7) is 15.8. The molecule has 2 fully saturated rings. The number of nitrogens with one attached hydrogen (secondary N) is 5. The minimum absolute atomic E-state index is 0.0405. The second kappa shape index (κ2) is 25.9. The molecule has 25 heteroatoms. The number of halogens is 1. The topological polar surface area (TPSA) is 265 Å². The van der Waals surface area contributed by atoms with Crippen LogP contribution in [0.1, 0.15) is 110 Å². The lowest BCUT2D eigenvalue weighted by Crippen LogP contribution is -2.72. The molecule has 4 atom stereocenters. The molecule has 81 heavy (non-hydrogen) atoms. The van der Waals surface area contributed by atoms with Crippen LogP contribution in [0.3, 0.4) is 0 Å². The normalized spacial score (nSPS) is 18.1. The molecule has 434 valence electrons. The van der Waals surface area contributed by atoms with E-state index in [1.54, 1.807) is 67.9 Å². The van der Waals surface area contributed by atoms with Gasteiger partial charge in [-0.3, -0.25) is 24.5 Å². The average molecular weight is 1180 g/mol. The molecule has 2 aliphatic rings. The highest BCUT2D eigenvalue weighted by molar-refractivity contribution is 7.14. The SMILES string of the molecule is COc1ccc(COc2ccc(C(=O)NCC[N+]3(C)CC[C@@H](c4ncc(C(=O)NC[C@H]5NC(=O)[C@H]5NC(=O)/C(=N\OC(C)(C)C(=O)OC(C)(C)C)c5csc(NC(=O)OC(C)(C)C)n5)s4)C3)c(Cl)c2OCc2ccc(OC)cc2)cc1. The number of quaternary nitrogens is 1. The number of oxime groups is 1. The van der Waals surface area contributed by atoms with Crippen molar-refractivity contribution in [1.82, 2.24) is 31.2 Å². The van der Waals surface area contributed by atoms with E-state index in [0.717, 1.165) is 52.7 Å². The predicted molar refractivity (Wildman–Crippen MR) is 304 cm³/mol. The van der Waals surface area contributed by atoms with Crippen LogP contribution in [0, 0.1) is 0 Å². The fourth-order valence-corrected chi connectivity index (χ4v) is 10.3. The first-order valence-electron chi connectivity index (χ1n) is 26.0. The lowest BCUT2D eigenvalue weighted by Gasteiger charge is -2.37. The molecule has 22 nitrogen and oxygen atoms in total. The van der Waals surface area contributed by atoms with E-state index in [0.29, 0.717) is 33.9 Å². The summed E-state index contributed by atoms with van der Waals surface area (Å²) < 4.78 is 34.4. The molecule has 3 aromatic carbocycles. The van der Waals surface area contributed by atoms with E-state index in [2.05, 4.69) is 48.8 Å². The molecule has 7 rings (SSSR count). The van der Waals surface area contributed by atoms with E-state index in [9.17, 15) is 28.8 Å². The molecule has 2 aliphatic heterocycles. The van der Waals surface area contributed by atoms with Gasteiger partial charge in [0.2, 0.25) is 11.5 Å². The van der Waals surface area contributed by atoms with Crippen LogP contribution < -0.4 is 45.5 Å². The van der Waals surface area contributed by atoms with Crippen molar-refractivity contribution in [3.05, 3.63) is 110 Å². The Morgan fingerprint density at radius 1 is 0.840 bits per heavy atom. The fourth-order valence-electron chi connectivity index (χ4n) is 8.33. The maximum atomic E-state index is 13.9. The summed E-state index contributed by atoms with van der Waals surface area (Å²) in [5.74, 6) is -0.847. The second-order valence-corrected chi connectivity index (χ2v) is 24.4. The highest BCUT2D eigenvalue weighted by Gasteiger charge is 2.43. The summed E-state index contributed by atoms with van der Waals surface area (Å²) in [6, 6.07) is 16.4. The third-order valence-electron chi connectivity index (χ3n) is 12.7. The Balaban J connectivity index is 0.926. The molecule has 0 bridgehead atoms. The summed E-state index contributed by atoms with van der Waals surface area (Å²) in [6.07, 6.45) is 1.55. The Labute approximate surface area is 483 Å². The van der Waals surface area contributed by atoms with Crippen LogP contribution >= 0.6 is 34.3 Å². The zero-order valence-electron chi connectivity index (χ0n) is 47.1. The molecule has 0 aliphatic carbocycles. The third kappa shape index (κ3) is 16.8. The number of ether oxygens (including phenoxy) is 6. The monoisotopic (exact) mass is 1170 g/mol. The van der Waals surface area contributed by atoms with Crippen molar-refractivity contribution in [1.29, 1.82) is 0 Å². The van der Waals surface area contributed by atoms with Crippen molar-refractivity contribution in [2.24, 2.45) is 5.16 Å². The predicted octanol–water partition coefficient (Wildman–Crippen LogP) is 7.39. The number of likely N-dealkylation sites (tertiary alicyclic amines) is 1. The maximum absolute atomic E-state index is 13.9. The number of aromatic nitrogens is 2. The zero-order chi connectivity index (χ0) is 58.9. The van der Waals surface area contributed by atoms with Crippen LogP contribution in [-0.4, -0.2) is 139 Å². The van der Waals surface area contributed by atoms with Gasteiger partial charge in [0.15, 0.2) is 22.3 Å². The molecule has 0 radical (unpaired) electrons. The number of thiazole rings is 2. The van der Waals surface area contributed by atoms with E-state index in [1.807, 2.05) is 48.5 Å². The van der Waals surface area contributed by atoms with Crippen molar-refractivity contribution in [3.63, 3.8) is 0 Å². The number of benzene rings is 3. The van der Waals surface area contributed by atoms with Gasteiger partial charge in [-0.25, -0.2) is 19.6 Å². The number of nitrogens with zero attached hydrogens (tertiary/aromatic N) is 4. The van der Waals surface area contributed by atoms with Crippen LogP contribution in [0.15, 0.2) is 77.4 Å². The van der Waals surface area contributed by atoms with Gasteiger partial charge in [-0.1, -0.05) is 41.0 Å². The van der Waals surface area contributed by atoms with Gasteiger partial charge in [-0.05, 0) is 103 Å². The summed E-state index contributed by atoms with van der Waals surface area (Å²) in [5.41, 5.74) is -1.77.